The van der Waals surface area contributed by atoms with Crippen LogP contribution in [-0.4, -0.2) is 17.9 Å². The molecule has 0 atom stereocenters. The highest BCUT2D eigenvalue weighted by molar-refractivity contribution is 6.03. The molecule has 1 aliphatic rings. The highest BCUT2D eigenvalue weighted by Crippen LogP contribution is 2.36. The smallest absolute Gasteiger partial charge is 0.236 e. The molecule has 0 spiro atoms. The zero-order valence-electron chi connectivity index (χ0n) is 9.92. The van der Waals surface area contributed by atoms with Crippen LogP contribution in [0.4, 0.5) is 0 Å². The summed E-state index contributed by atoms with van der Waals surface area (Å²) in [5.74, 6) is -0.189. The Bertz CT molecular complexity index is 281. The average molecular weight is 214 g/mol. The molecule has 1 saturated heterocycles. The van der Waals surface area contributed by atoms with Crippen LogP contribution in [0, 0.1) is 10.8 Å². The van der Waals surface area contributed by atoms with Crippen molar-refractivity contribution in [3.63, 3.8) is 0 Å². The summed E-state index contributed by atoms with van der Waals surface area (Å²) in [6.45, 7) is 8.87. The highest BCUT2D eigenvalue weighted by atomic mass is 17.4. The number of carbonyl (C=O) groups is 2. The van der Waals surface area contributed by atoms with E-state index in [1.807, 2.05) is 0 Å². The van der Waals surface area contributed by atoms with Crippen molar-refractivity contribution in [2.45, 2.75) is 47.3 Å². The number of ketones is 2. The maximum atomic E-state index is 11.8. The minimum absolute atomic E-state index is 0.0544. The molecule has 4 heteroatoms. The fourth-order valence-electron chi connectivity index (χ4n) is 1.04. The van der Waals surface area contributed by atoms with Crippen LogP contribution in [0.2, 0.25) is 0 Å². The Morgan fingerprint density at radius 1 is 1.00 bits per heavy atom. The molecule has 0 aromatic rings. The van der Waals surface area contributed by atoms with E-state index in [2.05, 4.69) is 9.78 Å². The standard InChI is InChI=1S/C11H18O4/c1-10(2,3)7(12)6-8(13)11(4,5)9-14-15-9/h9H,6H2,1-5H3. The maximum Gasteiger partial charge on any atom is 0.236 e. The number of hydrogen-bond acceptors (Lipinski definition) is 4. The predicted molar refractivity (Wildman–Crippen MR) is 53.8 cm³/mol. The van der Waals surface area contributed by atoms with Gasteiger partial charge in [-0.2, -0.15) is 9.78 Å². The summed E-state index contributed by atoms with van der Waals surface area (Å²) >= 11 is 0. The van der Waals surface area contributed by atoms with Gasteiger partial charge in [-0.25, -0.2) is 0 Å². The van der Waals surface area contributed by atoms with Crippen LogP contribution in [0.5, 0.6) is 0 Å². The van der Waals surface area contributed by atoms with Crippen molar-refractivity contribution in [3.8, 4) is 0 Å². The summed E-state index contributed by atoms with van der Waals surface area (Å²) in [7, 11) is 0. The van der Waals surface area contributed by atoms with Crippen LogP contribution < -0.4 is 0 Å². The van der Waals surface area contributed by atoms with Crippen molar-refractivity contribution >= 4 is 11.6 Å². The van der Waals surface area contributed by atoms with Gasteiger partial charge in [0.25, 0.3) is 0 Å². The van der Waals surface area contributed by atoms with E-state index in [-0.39, 0.29) is 18.0 Å². The summed E-state index contributed by atoms with van der Waals surface area (Å²) < 4.78 is 0. The molecule has 0 amide bonds. The third kappa shape index (κ3) is 2.86. The molecule has 1 heterocycles. The molecule has 0 aromatic heterocycles. The summed E-state index contributed by atoms with van der Waals surface area (Å²) in [5.41, 5.74) is -1.21. The molecule has 1 rings (SSSR count). The van der Waals surface area contributed by atoms with E-state index in [9.17, 15) is 9.59 Å². The zero-order chi connectivity index (χ0) is 11.9. The average Bonchev–Trinajstić information content (AvgIpc) is 2.83. The van der Waals surface area contributed by atoms with Crippen LogP contribution in [0.15, 0.2) is 0 Å². The molecule has 1 fully saturated rings. The molecule has 0 radical (unpaired) electrons. The van der Waals surface area contributed by atoms with Crippen molar-refractivity contribution in [3.05, 3.63) is 0 Å². The van der Waals surface area contributed by atoms with E-state index < -0.39 is 17.1 Å². The maximum absolute atomic E-state index is 11.8. The van der Waals surface area contributed by atoms with Crippen LogP contribution in [0.1, 0.15) is 41.0 Å². The van der Waals surface area contributed by atoms with Gasteiger partial charge in [0, 0.05) is 5.41 Å². The van der Waals surface area contributed by atoms with Crippen LogP contribution in [0.25, 0.3) is 0 Å². The molecule has 0 bridgehead atoms. The molecule has 0 saturated carbocycles. The quantitative estimate of drug-likeness (QED) is 0.407. The SMILES string of the molecule is CC(C)(C)C(=O)CC(=O)C(C)(C)C1OO1. The first-order valence-corrected chi connectivity index (χ1v) is 5.04. The third-order valence-electron chi connectivity index (χ3n) is 2.66. The molecule has 15 heavy (non-hydrogen) atoms. The minimum atomic E-state index is -0.735. The van der Waals surface area contributed by atoms with Crippen molar-refractivity contribution in [1.29, 1.82) is 0 Å². The molecular formula is C11H18O4. The van der Waals surface area contributed by atoms with E-state index in [1.54, 1.807) is 34.6 Å². The monoisotopic (exact) mass is 214 g/mol. The van der Waals surface area contributed by atoms with E-state index in [0.29, 0.717) is 0 Å². The first kappa shape index (κ1) is 12.3. The summed E-state index contributed by atoms with van der Waals surface area (Å²) in [5, 5.41) is 0. The summed E-state index contributed by atoms with van der Waals surface area (Å²) in [4.78, 5) is 32.7. The first-order valence-electron chi connectivity index (χ1n) is 5.04. The summed E-state index contributed by atoms with van der Waals surface area (Å²) in [6, 6.07) is 0. The molecule has 0 N–H and O–H groups in total. The van der Waals surface area contributed by atoms with E-state index in [0.717, 1.165) is 0 Å². The second-order valence-corrected chi connectivity index (χ2v) is 5.52. The fraction of sp³-hybridized carbons (Fsp3) is 0.818. The largest absolute Gasteiger partial charge is 0.299 e. The lowest BCUT2D eigenvalue weighted by Crippen LogP contribution is -2.34. The Labute approximate surface area is 89.9 Å². The second-order valence-electron chi connectivity index (χ2n) is 5.52. The molecule has 1 aliphatic heterocycles. The van der Waals surface area contributed by atoms with E-state index in [1.165, 1.54) is 0 Å². The number of rotatable bonds is 4. The second kappa shape index (κ2) is 3.68. The molecule has 0 aromatic carbocycles. The van der Waals surface area contributed by atoms with E-state index >= 15 is 0 Å². The van der Waals surface area contributed by atoms with Crippen LogP contribution in [-0.2, 0) is 19.4 Å². The molecular weight excluding hydrogens is 196 g/mol. The number of carbonyl (C=O) groups excluding carboxylic acids is 2. The lowest BCUT2D eigenvalue weighted by atomic mass is 9.80. The van der Waals surface area contributed by atoms with Crippen LogP contribution >= 0.6 is 0 Å². The minimum Gasteiger partial charge on any atom is -0.299 e. The lowest BCUT2D eigenvalue weighted by molar-refractivity contribution is -0.136. The Balaban J connectivity index is 2.59. The molecule has 86 valence electrons. The third-order valence-corrected chi connectivity index (χ3v) is 2.66. The Kier molecular flexibility index (Phi) is 3.03. The zero-order valence-corrected chi connectivity index (χ0v) is 9.92. The van der Waals surface area contributed by atoms with Gasteiger partial charge in [-0.1, -0.05) is 20.8 Å². The Morgan fingerprint density at radius 3 is 1.80 bits per heavy atom. The highest BCUT2D eigenvalue weighted by Gasteiger charge is 2.48. The normalized spacial score (nSPS) is 17.7. The van der Waals surface area contributed by atoms with E-state index in [4.69, 9.17) is 0 Å². The fourth-order valence-corrected chi connectivity index (χ4v) is 1.04. The van der Waals surface area contributed by atoms with Gasteiger partial charge in [-0.05, 0) is 13.8 Å². The molecule has 0 aliphatic carbocycles. The van der Waals surface area contributed by atoms with Crippen molar-refractivity contribution in [1.82, 2.24) is 0 Å². The predicted octanol–water partition coefficient (Wildman–Crippen LogP) is 1.87. The number of hydrogen-bond donors (Lipinski definition) is 0. The van der Waals surface area contributed by atoms with Gasteiger partial charge in [-0.3, -0.25) is 9.59 Å². The van der Waals surface area contributed by atoms with Crippen LogP contribution in [0.3, 0.4) is 0 Å². The lowest BCUT2D eigenvalue weighted by Gasteiger charge is -2.21. The van der Waals surface area contributed by atoms with Gasteiger partial charge in [-0.15, -0.1) is 0 Å². The van der Waals surface area contributed by atoms with Crippen molar-refractivity contribution in [2.24, 2.45) is 10.8 Å². The van der Waals surface area contributed by atoms with Gasteiger partial charge < -0.3 is 0 Å². The molecule has 4 nitrogen and oxygen atoms in total. The topological polar surface area (TPSA) is 59.2 Å². The number of Topliss-reactive ketones (excluding diaryl/α,β-unsaturated/α-hetero) is 2. The van der Waals surface area contributed by atoms with Gasteiger partial charge in [0.2, 0.25) is 6.29 Å². The van der Waals surface area contributed by atoms with Crippen molar-refractivity contribution < 1.29 is 19.4 Å². The van der Waals surface area contributed by atoms with Gasteiger partial charge in [0.15, 0.2) is 5.78 Å². The van der Waals surface area contributed by atoms with Crippen molar-refractivity contribution in [2.75, 3.05) is 0 Å². The Hall–Kier alpha value is -0.740. The first-order chi connectivity index (χ1) is 6.65. The van der Waals surface area contributed by atoms with Gasteiger partial charge in [0.05, 0.1) is 11.8 Å². The van der Waals surface area contributed by atoms with Gasteiger partial charge >= 0.3 is 0 Å². The van der Waals surface area contributed by atoms with Gasteiger partial charge in [0.1, 0.15) is 5.78 Å². The molecule has 0 unspecified atom stereocenters. The summed E-state index contributed by atoms with van der Waals surface area (Å²) in [6.07, 6.45) is -0.544. The Morgan fingerprint density at radius 2 is 1.47 bits per heavy atom.